The third kappa shape index (κ3) is 5.24. The van der Waals surface area contributed by atoms with E-state index in [9.17, 15) is 9.59 Å². The fourth-order valence-electron chi connectivity index (χ4n) is 4.10. The van der Waals surface area contributed by atoms with Crippen LogP contribution in [0.4, 0.5) is 5.69 Å². The first-order valence-corrected chi connectivity index (χ1v) is 11.4. The molecule has 0 spiro atoms. The van der Waals surface area contributed by atoms with Crippen LogP contribution < -0.4 is 19.5 Å². The molecule has 0 saturated heterocycles. The Labute approximate surface area is 204 Å². The van der Waals surface area contributed by atoms with E-state index in [0.717, 1.165) is 27.9 Å². The Balaban J connectivity index is 1.44. The van der Waals surface area contributed by atoms with Gasteiger partial charge >= 0.3 is 5.97 Å². The maximum Gasteiger partial charge on any atom is 0.341 e. The predicted octanol–water partition coefficient (Wildman–Crippen LogP) is 5.41. The number of hydrogen-bond acceptors (Lipinski definition) is 5. The molecule has 7 heteroatoms. The van der Waals surface area contributed by atoms with Gasteiger partial charge in [0.05, 0.1) is 5.41 Å². The van der Waals surface area contributed by atoms with E-state index in [1.54, 1.807) is 0 Å². The molecule has 0 bridgehead atoms. The van der Waals surface area contributed by atoms with E-state index in [2.05, 4.69) is 5.32 Å². The summed E-state index contributed by atoms with van der Waals surface area (Å²) in [5.74, 6) is 0.797. The van der Waals surface area contributed by atoms with Gasteiger partial charge in [-0.25, -0.2) is 4.79 Å². The van der Waals surface area contributed by atoms with Crippen molar-refractivity contribution >= 4 is 17.6 Å². The number of rotatable bonds is 9. The topological polar surface area (TPSA) is 94.1 Å². The van der Waals surface area contributed by atoms with E-state index < -0.39 is 18.0 Å². The van der Waals surface area contributed by atoms with Crippen LogP contribution in [-0.2, 0) is 21.6 Å². The molecule has 2 N–H and O–H groups in total. The van der Waals surface area contributed by atoms with Crippen LogP contribution in [0, 0.1) is 6.92 Å². The summed E-state index contributed by atoms with van der Waals surface area (Å²) >= 11 is 0. The Morgan fingerprint density at radius 2 is 1.80 bits per heavy atom. The Morgan fingerprint density at radius 1 is 1.03 bits per heavy atom. The van der Waals surface area contributed by atoms with Gasteiger partial charge in [0.25, 0.3) is 0 Å². The second-order valence-electron chi connectivity index (χ2n) is 9.15. The highest BCUT2D eigenvalue weighted by molar-refractivity contribution is 6.05. The molecular formula is C28H29NO6. The number of hydrogen-bond donors (Lipinski definition) is 2. The third-order valence-electron chi connectivity index (χ3n) is 6.15. The van der Waals surface area contributed by atoms with Crippen LogP contribution in [0.2, 0.25) is 0 Å². The highest BCUT2D eigenvalue weighted by atomic mass is 16.5. The van der Waals surface area contributed by atoms with Crippen molar-refractivity contribution in [1.29, 1.82) is 0 Å². The number of nitrogens with one attached hydrogen (secondary N) is 1. The lowest BCUT2D eigenvalue weighted by Gasteiger charge is -2.18. The first-order chi connectivity index (χ1) is 16.6. The molecule has 182 valence electrons. The minimum absolute atomic E-state index is 0.0207. The zero-order valence-corrected chi connectivity index (χ0v) is 20.3. The SMILES string of the molecule is Cc1cccc(COc2cccc(C(C)Oc3ccc4c(c3)NC(=O)C4(C)C)c2)c1OCC(=O)O. The van der Waals surface area contributed by atoms with Crippen LogP contribution in [0.5, 0.6) is 17.2 Å². The number of anilines is 1. The smallest absolute Gasteiger partial charge is 0.341 e. The summed E-state index contributed by atoms with van der Waals surface area (Å²) in [7, 11) is 0. The maximum absolute atomic E-state index is 12.2. The van der Waals surface area contributed by atoms with Crippen molar-refractivity contribution in [2.75, 3.05) is 11.9 Å². The molecule has 35 heavy (non-hydrogen) atoms. The highest BCUT2D eigenvalue weighted by Crippen LogP contribution is 2.40. The first-order valence-electron chi connectivity index (χ1n) is 11.4. The molecule has 1 amide bonds. The van der Waals surface area contributed by atoms with E-state index in [0.29, 0.717) is 17.2 Å². The molecule has 1 atom stereocenters. The van der Waals surface area contributed by atoms with Crippen molar-refractivity contribution in [2.45, 2.75) is 45.8 Å². The zero-order valence-electron chi connectivity index (χ0n) is 20.3. The van der Waals surface area contributed by atoms with Gasteiger partial charge in [0, 0.05) is 17.3 Å². The van der Waals surface area contributed by atoms with Crippen LogP contribution >= 0.6 is 0 Å². The lowest BCUT2D eigenvalue weighted by Crippen LogP contribution is -2.26. The Hall–Kier alpha value is -4.00. The fourth-order valence-corrected chi connectivity index (χ4v) is 4.10. The van der Waals surface area contributed by atoms with Gasteiger partial charge in [-0.1, -0.05) is 36.4 Å². The molecule has 0 aliphatic carbocycles. The van der Waals surface area contributed by atoms with Crippen LogP contribution in [0.1, 0.15) is 49.1 Å². The molecule has 4 rings (SSSR count). The molecule has 1 aliphatic rings. The van der Waals surface area contributed by atoms with Gasteiger partial charge in [-0.3, -0.25) is 4.79 Å². The van der Waals surface area contributed by atoms with Gasteiger partial charge in [-0.05, 0) is 62.6 Å². The number of carbonyl (C=O) groups is 2. The summed E-state index contributed by atoms with van der Waals surface area (Å²) in [4.78, 5) is 23.1. The predicted molar refractivity (Wildman–Crippen MR) is 132 cm³/mol. The molecule has 3 aromatic carbocycles. The van der Waals surface area contributed by atoms with E-state index >= 15 is 0 Å². The van der Waals surface area contributed by atoms with Gasteiger partial charge in [-0.15, -0.1) is 0 Å². The molecule has 0 fully saturated rings. The summed E-state index contributed by atoms with van der Waals surface area (Å²) in [5.41, 5.74) is 3.72. The minimum Gasteiger partial charge on any atom is -0.489 e. The van der Waals surface area contributed by atoms with Gasteiger partial charge in [0.15, 0.2) is 6.61 Å². The Kier molecular flexibility index (Phi) is 6.69. The number of aliphatic carboxylic acids is 1. The second kappa shape index (κ2) is 9.70. The molecule has 0 aromatic heterocycles. The van der Waals surface area contributed by atoms with Crippen molar-refractivity contribution in [3.63, 3.8) is 0 Å². The molecule has 0 saturated carbocycles. The normalized spacial score (nSPS) is 14.6. The number of amides is 1. The lowest BCUT2D eigenvalue weighted by molar-refractivity contribution is -0.139. The minimum atomic E-state index is -1.03. The number of fused-ring (bicyclic) bond motifs is 1. The second-order valence-corrected chi connectivity index (χ2v) is 9.15. The summed E-state index contributed by atoms with van der Waals surface area (Å²) < 4.78 is 17.6. The summed E-state index contributed by atoms with van der Waals surface area (Å²) in [5, 5.41) is 11.9. The monoisotopic (exact) mass is 475 g/mol. The number of aryl methyl sites for hydroxylation is 1. The van der Waals surface area contributed by atoms with Crippen molar-refractivity contribution in [1.82, 2.24) is 0 Å². The number of ether oxygens (including phenoxy) is 3. The van der Waals surface area contributed by atoms with Crippen LogP contribution in [0.3, 0.4) is 0 Å². The van der Waals surface area contributed by atoms with E-state index in [1.165, 1.54) is 0 Å². The Bertz CT molecular complexity index is 1270. The van der Waals surface area contributed by atoms with Gasteiger partial charge < -0.3 is 24.6 Å². The van der Waals surface area contributed by atoms with Gasteiger partial charge in [0.1, 0.15) is 30.0 Å². The molecule has 1 unspecified atom stereocenters. The number of benzene rings is 3. The highest BCUT2D eigenvalue weighted by Gasteiger charge is 2.38. The third-order valence-corrected chi connectivity index (χ3v) is 6.15. The fraction of sp³-hybridized carbons (Fsp3) is 0.286. The quantitative estimate of drug-likeness (QED) is 0.430. The molecule has 1 aliphatic heterocycles. The van der Waals surface area contributed by atoms with Gasteiger partial charge in [-0.2, -0.15) is 0 Å². The summed E-state index contributed by atoms with van der Waals surface area (Å²) in [6, 6.07) is 18.9. The number of carbonyl (C=O) groups excluding carboxylic acids is 1. The maximum atomic E-state index is 12.2. The first kappa shape index (κ1) is 24.1. The number of carboxylic acids is 1. The standard InChI is InChI=1S/C28H29NO6/c1-17-7-5-9-20(26(17)34-16-25(30)31)15-33-21-10-6-8-19(13-21)18(2)35-22-11-12-23-24(14-22)29-27(32)28(23,3)4/h5-14,18H,15-16H2,1-4H3,(H,29,32)(H,30,31). The number of carboxylic acid groups (broad SMARTS) is 1. The lowest BCUT2D eigenvalue weighted by atomic mass is 9.86. The van der Waals surface area contributed by atoms with Crippen LogP contribution in [-0.4, -0.2) is 23.6 Å². The Morgan fingerprint density at radius 3 is 2.57 bits per heavy atom. The van der Waals surface area contributed by atoms with E-state index in [1.807, 2.05) is 88.4 Å². The average molecular weight is 476 g/mol. The zero-order chi connectivity index (χ0) is 25.2. The summed E-state index contributed by atoms with van der Waals surface area (Å²) in [6.45, 7) is 7.45. The largest absolute Gasteiger partial charge is 0.489 e. The van der Waals surface area contributed by atoms with Crippen molar-refractivity contribution in [3.8, 4) is 17.2 Å². The van der Waals surface area contributed by atoms with Crippen LogP contribution in [0.25, 0.3) is 0 Å². The molecule has 7 nitrogen and oxygen atoms in total. The molecular weight excluding hydrogens is 446 g/mol. The van der Waals surface area contributed by atoms with Crippen LogP contribution in [0.15, 0.2) is 60.7 Å². The van der Waals surface area contributed by atoms with Crippen molar-refractivity contribution in [2.24, 2.45) is 0 Å². The van der Waals surface area contributed by atoms with E-state index in [-0.39, 0.29) is 18.6 Å². The van der Waals surface area contributed by atoms with Crippen molar-refractivity contribution < 1.29 is 28.9 Å². The number of para-hydroxylation sites is 1. The molecule has 1 heterocycles. The average Bonchev–Trinajstić information content (AvgIpc) is 3.04. The van der Waals surface area contributed by atoms with Crippen molar-refractivity contribution in [3.05, 3.63) is 82.9 Å². The molecule has 0 radical (unpaired) electrons. The molecule has 3 aromatic rings. The summed E-state index contributed by atoms with van der Waals surface area (Å²) in [6.07, 6.45) is -0.254. The van der Waals surface area contributed by atoms with Gasteiger partial charge in [0.2, 0.25) is 5.91 Å². The van der Waals surface area contributed by atoms with E-state index in [4.69, 9.17) is 19.3 Å².